The molecule has 0 aromatic rings. The Morgan fingerprint density at radius 2 is 1.52 bits per heavy atom. The Bertz CT molecular complexity index is 738. The lowest BCUT2D eigenvalue weighted by atomic mass is 9.44. The first-order valence-corrected chi connectivity index (χ1v) is 13.6. The van der Waals surface area contributed by atoms with Crippen LogP contribution in [0.4, 0.5) is 0 Å². The second-order valence-electron chi connectivity index (χ2n) is 13.4. The Labute approximate surface area is 200 Å². The van der Waals surface area contributed by atoms with E-state index in [0.29, 0.717) is 48.9 Å². The van der Waals surface area contributed by atoms with E-state index in [1.54, 1.807) is 0 Å². The van der Waals surface area contributed by atoms with E-state index < -0.39 is 24.4 Å². The molecule has 4 N–H and O–H groups in total. The zero-order chi connectivity index (χ0) is 24.5. The van der Waals surface area contributed by atoms with Crippen LogP contribution in [0.5, 0.6) is 0 Å². The Balaban J connectivity index is 1.56. The Hall–Kier alpha value is -0.490. The largest absolute Gasteiger partial charge is 0.390 e. The number of hydrogen-bond donors (Lipinski definition) is 4. The molecule has 0 amide bonds. The summed E-state index contributed by atoms with van der Waals surface area (Å²) < 4.78 is 0. The Kier molecular flexibility index (Phi) is 6.88. The molecule has 33 heavy (non-hydrogen) atoms. The lowest BCUT2D eigenvalue weighted by Gasteiger charge is -2.61. The van der Waals surface area contributed by atoms with Crippen LogP contribution in [0.3, 0.4) is 0 Å². The maximum atomic E-state index is 13.3. The normalized spacial score (nSPS) is 49.1. The van der Waals surface area contributed by atoms with Gasteiger partial charge in [-0.15, -0.1) is 0 Å². The Morgan fingerprint density at radius 3 is 2.15 bits per heavy atom. The van der Waals surface area contributed by atoms with Gasteiger partial charge in [0, 0.05) is 12.3 Å². The Morgan fingerprint density at radius 1 is 0.879 bits per heavy atom. The third-order valence-electron chi connectivity index (χ3n) is 11.7. The monoisotopic (exact) mass is 464 g/mol. The molecule has 0 bridgehead atoms. The number of carbonyl (C=O) groups is 1. The van der Waals surface area contributed by atoms with E-state index in [-0.39, 0.29) is 34.4 Å². The van der Waals surface area contributed by atoms with E-state index in [1.165, 1.54) is 0 Å². The van der Waals surface area contributed by atoms with E-state index in [0.717, 1.165) is 25.7 Å². The molecule has 4 aliphatic rings. The van der Waals surface area contributed by atoms with Crippen LogP contribution in [-0.4, -0.2) is 50.6 Å². The van der Waals surface area contributed by atoms with Crippen molar-refractivity contribution in [3.8, 4) is 0 Å². The van der Waals surface area contributed by atoms with Crippen molar-refractivity contribution in [2.75, 3.05) is 0 Å². The third-order valence-corrected chi connectivity index (χ3v) is 11.7. The third kappa shape index (κ3) is 3.93. The van der Waals surface area contributed by atoms with Gasteiger partial charge in [-0.2, -0.15) is 0 Å². The molecule has 13 atom stereocenters. The minimum Gasteiger partial charge on any atom is -0.390 e. The summed E-state index contributed by atoms with van der Waals surface area (Å²) in [6, 6.07) is 0. The highest BCUT2D eigenvalue weighted by atomic mass is 16.3. The van der Waals surface area contributed by atoms with E-state index in [4.69, 9.17) is 0 Å². The summed E-state index contributed by atoms with van der Waals surface area (Å²) in [6.45, 7) is 12.9. The molecule has 5 nitrogen and oxygen atoms in total. The van der Waals surface area contributed by atoms with Crippen molar-refractivity contribution in [1.82, 2.24) is 0 Å². The minimum absolute atomic E-state index is 0.0158. The van der Waals surface area contributed by atoms with E-state index in [1.807, 2.05) is 6.92 Å². The zero-order valence-electron chi connectivity index (χ0n) is 21.6. The lowest BCUT2D eigenvalue weighted by molar-refractivity contribution is -0.175. The molecule has 190 valence electrons. The summed E-state index contributed by atoms with van der Waals surface area (Å²) in [5, 5.41) is 42.8. The highest BCUT2D eigenvalue weighted by Gasteiger charge is 2.63. The average Bonchev–Trinajstić information content (AvgIpc) is 3.10. The fourth-order valence-corrected chi connectivity index (χ4v) is 9.23. The molecular weight excluding hydrogens is 416 g/mol. The predicted molar refractivity (Wildman–Crippen MR) is 128 cm³/mol. The van der Waals surface area contributed by atoms with Crippen molar-refractivity contribution >= 4 is 5.78 Å². The SMILES string of the molecule is CC([C@@H](O)[C@H](O)[C@@H](C)C(C)C)[C@H]1CCC2C3CC(=O)C4C[C@H](O)[C@H](O)C[C@]4(C)C3CC[C@@]21C. The smallest absolute Gasteiger partial charge is 0.136 e. The zero-order valence-corrected chi connectivity index (χ0v) is 21.6. The van der Waals surface area contributed by atoms with E-state index in [2.05, 4.69) is 34.6 Å². The molecule has 5 unspecified atom stereocenters. The van der Waals surface area contributed by atoms with Crippen LogP contribution >= 0.6 is 0 Å². The van der Waals surface area contributed by atoms with Crippen molar-refractivity contribution in [1.29, 1.82) is 0 Å². The summed E-state index contributed by atoms with van der Waals surface area (Å²) in [5.74, 6) is 2.05. The summed E-state index contributed by atoms with van der Waals surface area (Å²) in [5.41, 5.74) is -0.162. The van der Waals surface area contributed by atoms with E-state index in [9.17, 15) is 25.2 Å². The maximum absolute atomic E-state index is 13.3. The van der Waals surface area contributed by atoms with Gasteiger partial charge in [-0.1, -0.05) is 41.5 Å². The van der Waals surface area contributed by atoms with Crippen LogP contribution in [0.15, 0.2) is 0 Å². The van der Waals surface area contributed by atoms with Gasteiger partial charge in [0.2, 0.25) is 0 Å². The molecule has 4 aliphatic carbocycles. The van der Waals surface area contributed by atoms with Gasteiger partial charge in [0.05, 0.1) is 24.4 Å². The number of fused-ring (bicyclic) bond motifs is 5. The summed E-state index contributed by atoms with van der Waals surface area (Å²) in [4.78, 5) is 13.3. The summed E-state index contributed by atoms with van der Waals surface area (Å²) in [6.07, 6.45) is 2.80. The first-order valence-electron chi connectivity index (χ1n) is 13.6. The molecule has 0 heterocycles. The van der Waals surface area contributed by atoms with E-state index >= 15 is 0 Å². The maximum Gasteiger partial charge on any atom is 0.136 e. The summed E-state index contributed by atoms with van der Waals surface area (Å²) in [7, 11) is 0. The second kappa shape index (κ2) is 8.87. The fourth-order valence-electron chi connectivity index (χ4n) is 9.23. The highest BCUT2D eigenvalue weighted by molar-refractivity contribution is 5.83. The van der Waals surface area contributed by atoms with Gasteiger partial charge in [-0.3, -0.25) is 4.79 Å². The molecule has 0 aromatic carbocycles. The molecule has 0 aromatic heterocycles. The number of aliphatic hydroxyl groups is 4. The highest BCUT2D eigenvalue weighted by Crippen LogP contribution is 2.67. The number of ketones is 1. The first kappa shape index (κ1) is 25.6. The van der Waals surface area contributed by atoms with Crippen LogP contribution in [0, 0.1) is 58.2 Å². The minimum atomic E-state index is -0.782. The standard InChI is InChI=1S/C28H48O5/c1-14(2)15(3)25(32)26(33)16(4)18-7-8-19-17-11-22(29)21-12-23(30)24(31)13-28(21,6)20(17)9-10-27(18,19)5/h14-21,23-26,30-33H,7-13H2,1-6H3/t15-,16?,17?,18+,19?,20?,21?,23-,24+,25+,26+,27+,28+/m0/s1. The molecule has 5 heteroatoms. The second-order valence-corrected chi connectivity index (χ2v) is 13.4. The van der Waals surface area contributed by atoms with Crippen molar-refractivity contribution in [3.05, 3.63) is 0 Å². The number of rotatable bonds is 5. The average molecular weight is 465 g/mol. The molecule has 0 saturated heterocycles. The topological polar surface area (TPSA) is 98.0 Å². The van der Waals surface area contributed by atoms with Gasteiger partial charge in [0.15, 0.2) is 0 Å². The van der Waals surface area contributed by atoms with Gasteiger partial charge < -0.3 is 20.4 Å². The molecule has 0 aliphatic heterocycles. The molecule has 0 spiro atoms. The number of aliphatic hydroxyl groups excluding tert-OH is 4. The van der Waals surface area contributed by atoms with Crippen LogP contribution in [-0.2, 0) is 4.79 Å². The van der Waals surface area contributed by atoms with Crippen LogP contribution < -0.4 is 0 Å². The van der Waals surface area contributed by atoms with Crippen LogP contribution in [0.2, 0.25) is 0 Å². The van der Waals surface area contributed by atoms with Crippen molar-refractivity contribution in [3.63, 3.8) is 0 Å². The van der Waals surface area contributed by atoms with Gasteiger partial charge in [-0.05, 0) is 90.8 Å². The molecule has 0 radical (unpaired) electrons. The fraction of sp³-hybridized carbons (Fsp3) is 0.964. The molecule has 4 fully saturated rings. The quantitative estimate of drug-likeness (QED) is 0.496. The number of Topliss-reactive ketones (excluding diaryl/α,β-unsaturated/α-hetero) is 1. The van der Waals surface area contributed by atoms with Gasteiger partial charge in [0.1, 0.15) is 5.78 Å². The predicted octanol–water partition coefficient (Wildman–Crippen LogP) is 3.81. The molecular formula is C28H48O5. The lowest BCUT2D eigenvalue weighted by Crippen LogP contribution is -2.59. The van der Waals surface area contributed by atoms with Gasteiger partial charge in [-0.25, -0.2) is 0 Å². The summed E-state index contributed by atoms with van der Waals surface area (Å²) >= 11 is 0. The number of hydrogen-bond acceptors (Lipinski definition) is 5. The number of carbonyl (C=O) groups excluding carboxylic acids is 1. The van der Waals surface area contributed by atoms with Gasteiger partial charge in [0.25, 0.3) is 0 Å². The van der Waals surface area contributed by atoms with Crippen molar-refractivity contribution in [2.24, 2.45) is 58.2 Å². The van der Waals surface area contributed by atoms with Crippen LogP contribution in [0.25, 0.3) is 0 Å². The molecule has 4 saturated carbocycles. The van der Waals surface area contributed by atoms with Gasteiger partial charge >= 0.3 is 0 Å². The first-order chi connectivity index (χ1) is 15.3. The van der Waals surface area contributed by atoms with Crippen molar-refractivity contribution < 1.29 is 25.2 Å². The molecule has 4 rings (SSSR count). The van der Waals surface area contributed by atoms with Crippen molar-refractivity contribution in [2.45, 2.75) is 111 Å². The van der Waals surface area contributed by atoms with Crippen LogP contribution in [0.1, 0.15) is 86.5 Å².